The predicted molar refractivity (Wildman–Crippen MR) is 144 cm³/mol. The van der Waals surface area contributed by atoms with Gasteiger partial charge in [0, 0.05) is 0 Å². The van der Waals surface area contributed by atoms with Crippen molar-refractivity contribution in [2.75, 3.05) is 6.61 Å². The summed E-state index contributed by atoms with van der Waals surface area (Å²) in [4.78, 5) is 0. The monoisotopic (exact) mass is 594 g/mol. The highest BCUT2D eigenvalue weighted by Gasteiger charge is 2.69. The molecule has 0 aromatic rings. The van der Waals surface area contributed by atoms with Crippen LogP contribution in [-0.2, 0) is 29.2 Å². The van der Waals surface area contributed by atoms with Gasteiger partial charge in [0.1, 0.15) is 0 Å². The van der Waals surface area contributed by atoms with E-state index in [-0.39, 0.29) is 47.0 Å². The van der Waals surface area contributed by atoms with Gasteiger partial charge in [0.2, 0.25) is 0 Å². The standard InChI is InChI=1S/C27H46O10S2/c1-17(16-36-38(30,31)32)6-5-7-18(2)21-8-9-22-26(21,4)13-11-23-25(3)12-10-20(37-39(33,34)35)14-19(25)15-24(28)27(22,23)29/h5,7,17-24,28-29H,6,8-16H2,1-4H3,(H,30,31,32)(H,33,34,35)/b7-5+/t17-,18+,19+,20+,21+,22+,23+,24+,25-,26+,27+/m0/s1. The quantitative estimate of drug-likeness (QED) is 0.227. The summed E-state index contributed by atoms with van der Waals surface area (Å²) in [6.07, 6.45) is 8.73. The molecule has 0 bridgehead atoms. The van der Waals surface area contributed by atoms with Crippen LogP contribution >= 0.6 is 0 Å². The Kier molecular flexibility index (Phi) is 8.77. The molecular formula is C27H46O10S2. The van der Waals surface area contributed by atoms with Crippen molar-refractivity contribution in [2.24, 2.45) is 46.3 Å². The molecule has 10 nitrogen and oxygen atoms in total. The Labute approximate surface area is 233 Å². The fourth-order valence-electron chi connectivity index (χ4n) is 9.35. The summed E-state index contributed by atoms with van der Waals surface area (Å²) in [7, 11) is -8.99. The Balaban J connectivity index is 1.46. The SMILES string of the molecule is C[C@@H](C/C=C/[C@@H](C)[C@H]1CC[C@@H]2[C@]1(C)CC[C@@H]1[C@@]3(C)CC[C@@H](OS(=O)(=O)O)C[C@@H]3C[C@@H](O)[C@]12O)COS(=O)(=O)O. The molecule has 4 aliphatic carbocycles. The summed E-state index contributed by atoms with van der Waals surface area (Å²) >= 11 is 0. The Morgan fingerprint density at radius 1 is 0.923 bits per heavy atom. The molecule has 4 aliphatic rings. The average Bonchev–Trinajstić information content (AvgIpc) is 3.16. The van der Waals surface area contributed by atoms with E-state index in [2.05, 4.69) is 31.0 Å². The number of fused-ring (bicyclic) bond motifs is 5. The van der Waals surface area contributed by atoms with Crippen LogP contribution in [-0.4, -0.2) is 60.6 Å². The lowest BCUT2D eigenvalue weighted by molar-refractivity contribution is -0.270. The maximum Gasteiger partial charge on any atom is 0.397 e. The van der Waals surface area contributed by atoms with Gasteiger partial charge in [-0.3, -0.25) is 9.11 Å². The molecule has 0 aromatic carbocycles. The average molecular weight is 595 g/mol. The van der Waals surface area contributed by atoms with E-state index in [1.54, 1.807) is 0 Å². The van der Waals surface area contributed by atoms with Crippen molar-refractivity contribution in [1.29, 1.82) is 0 Å². The Morgan fingerprint density at radius 3 is 2.21 bits per heavy atom. The highest BCUT2D eigenvalue weighted by Crippen LogP contribution is 2.69. The second-order valence-electron chi connectivity index (χ2n) is 13.4. The molecule has 4 saturated carbocycles. The zero-order valence-electron chi connectivity index (χ0n) is 23.4. The Bertz CT molecular complexity index is 1140. The fraction of sp³-hybridized carbons (Fsp3) is 0.926. The number of hydrogen-bond donors (Lipinski definition) is 4. The van der Waals surface area contributed by atoms with Crippen LogP contribution in [0.1, 0.15) is 85.5 Å². The molecule has 12 heteroatoms. The number of hydrogen-bond acceptors (Lipinski definition) is 8. The molecule has 0 heterocycles. The molecule has 0 aromatic heterocycles. The van der Waals surface area contributed by atoms with Crippen LogP contribution in [0.15, 0.2) is 12.2 Å². The van der Waals surface area contributed by atoms with Crippen molar-refractivity contribution in [3.8, 4) is 0 Å². The lowest BCUT2D eigenvalue weighted by atomic mass is 9.42. The molecule has 11 atom stereocenters. The van der Waals surface area contributed by atoms with Crippen molar-refractivity contribution in [3.05, 3.63) is 12.2 Å². The first-order valence-corrected chi connectivity index (χ1v) is 17.0. The van der Waals surface area contributed by atoms with E-state index in [0.29, 0.717) is 38.0 Å². The van der Waals surface area contributed by atoms with E-state index < -0.39 is 38.6 Å². The van der Waals surface area contributed by atoms with Crippen LogP contribution in [0.5, 0.6) is 0 Å². The molecular weight excluding hydrogens is 548 g/mol. The van der Waals surface area contributed by atoms with Gasteiger partial charge in [-0.1, -0.05) is 39.8 Å². The minimum Gasteiger partial charge on any atom is -0.390 e. The molecule has 226 valence electrons. The summed E-state index contributed by atoms with van der Waals surface area (Å²) in [6, 6.07) is 0. The van der Waals surface area contributed by atoms with E-state index in [4.69, 9.17) is 13.3 Å². The van der Waals surface area contributed by atoms with Gasteiger partial charge in [0.25, 0.3) is 0 Å². The number of allylic oxidation sites excluding steroid dienone is 2. The third kappa shape index (κ3) is 6.14. The van der Waals surface area contributed by atoms with Gasteiger partial charge in [0.15, 0.2) is 0 Å². The fourth-order valence-corrected chi connectivity index (χ4v) is 10.3. The second-order valence-corrected chi connectivity index (χ2v) is 15.6. The maximum atomic E-state index is 12.4. The smallest absolute Gasteiger partial charge is 0.390 e. The zero-order valence-corrected chi connectivity index (χ0v) is 25.0. The summed E-state index contributed by atoms with van der Waals surface area (Å²) in [5.74, 6) is 0.315. The van der Waals surface area contributed by atoms with Gasteiger partial charge in [-0.2, -0.15) is 16.8 Å². The summed E-state index contributed by atoms with van der Waals surface area (Å²) in [5.41, 5.74) is -1.61. The topological polar surface area (TPSA) is 168 Å². The summed E-state index contributed by atoms with van der Waals surface area (Å²) < 4.78 is 71.5. The van der Waals surface area contributed by atoms with E-state index in [1.807, 2.05) is 13.0 Å². The first-order valence-electron chi connectivity index (χ1n) is 14.2. The number of aliphatic hydroxyl groups is 2. The molecule has 0 radical (unpaired) electrons. The minimum atomic E-state index is -4.54. The summed E-state index contributed by atoms with van der Waals surface area (Å²) in [6.45, 7) is 8.38. The van der Waals surface area contributed by atoms with Crippen molar-refractivity contribution < 1.29 is 44.5 Å². The molecule has 4 N–H and O–H groups in total. The van der Waals surface area contributed by atoms with Gasteiger partial charge >= 0.3 is 20.8 Å². The van der Waals surface area contributed by atoms with Crippen LogP contribution in [0.4, 0.5) is 0 Å². The second kappa shape index (κ2) is 10.9. The Morgan fingerprint density at radius 2 is 1.56 bits per heavy atom. The molecule has 0 saturated heterocycles. The molecule has 39 heavy (non-hydrogen) atoms. The molecule has 4 fully saturated rings. The zero-order chi connectivity index (χ0) is 29.0. The first kappa shape index (κ1) is 31.3. The van der Waals surface area contributed by atoms with Gasteiger partial charge < -0.3 is 10.2 Å². The van der Waals surface area contributed by atoms with Gasteiger partial charge in [-0.05, 0) is 104 Å². The lowest BCUT2D eigenvalue weighted by Gasteiger charge is -2.66. The molecule has 0 aliphatic heterocycles. The van der Waals surface area contributed by atoms with Crippen LogP contribution in [0.2, 0.25) is 0 Å². The predicted octanol–water partition coefficient (Wildman–Crippen LogP) is 3.96. The van der Waals surface area contributed by atoms with Crippen molar-refractivity contribution in [3.63, 3.8) is 0 Å². The van der Waals surface area contributed by atoms with Gasteiger partial charge in [-0.25, -0.2) is 8.37 Å². The van der Waals surface area contributed by atoms with Crippen LogP contribution in [0.25, 0.3) is 0 Å². The summed E-state index contributed by atoms with van der Waals surface area (Å²) in [5, 5.41) is 23.9. The van der Waals surface area contributed by atoms with Crippen LogP contribution < -0.4 is 0 Å². The largest absolute Gasteiger partial charge is 0.397 e. The number of rotatable bonds is 9. The molecule has 0 spiro atoms. The lowest BCUT2D eigenvalue weighted by Crippen LogP contribution is -2.69. The highest BCUT2D eigenvalue weighted by molar-refractivity contribution is 7.81. The third-order valence-electron chi connectivity index (χ3n) is 11.2. The van der Waals surface area contributed by atoms with Gasteiger partial charge in [-0.15, -0.1) is 0 Å². The van der Waals surface area contributed by atoms with Crippen molar-refractivity contribution in [2.45, 2.75) is 103 Å². The molecule has 0 unspecified atom stereocenters. The van der Waals surface area contributed by atoms with Crippen molar-refractivity contribution in [1.82, 2.24) is 0 Å². The Hall–Kier alpha value is -0.600. The van der Waals surface area contributed by atoms with Gasteiger partial charge in [0.05, 0.1) is 24.4 Å². The van der Waals surface area contributed by atoms with E-state index in [9.17, 15) is 27.0 Å². The third-order valence-corrected chi connectivity index (χ3v) is 12.1. The normalized spacial score (nSPS) is 44.4. The van der Waals surface area contributed by atoms with E-state index in [0.717, 1.165) is 25.7 Å². The van der Waals surface area contributed by atoms with E-state index >= 15 is 0 Å². The molecule has 4 rings (SSSR count). The van der Waals surface area contributed by atoms with E-state index in [1.165, 1.54) is 0 Å². The van der Waals surface area contributed by atoms with Crippen LogP contribution in [0, 0.1) is 46.3 Å². The maximum absolute atomic E-state index is 12.4. The van der Waals surface area contributed by atoms with Crippen LogP contribution in [0.3, 0.4) is 0 Å². The minimum absolute atomic E-state index is 0.00604. The molecule has 0 amide bonds. The van der Waals surface area contributed by atoms with Crippen molar-refractivity contribution >= 4 is 20.8 Å². The first-order chi connectivity index (χ1) is 17.9. The number of aliphatic hydroxyl groups excluding tert-OH is 1. The highest BCUT2D eigenvalue weighted by atomic mass is 32.3.